The molecule has 1 aromatic carbocycles. The van der Waals surface area contributed by atoms with E-state index in [-0.39, 0.29) is 6.03 Å². The summed E-state index contributed by atoms with van der Waals surface area (Å²) in [6, 6.07) is 5.06. The van der Waals surface area contributed by atoms with Crippen LogP contribution in [0, 0.1) is 0 Å². The third-order valence-corrected chi connectivity index (χ3v) is 3.03. The van der Waals surface area contributed by atoms with Crippen LogP contribution in [0.1, 0.15) is 12.8 Å². The van der Waals surface area contributed by atoms with E-state index in [1.807, 2.05) is 0 Å². The van der Waals surface area contributed by atoms with Crippen LogP contribution in [-0.2, 0) is 0 Å². The predicted octanol–water partition coefficient (Wildman–Crippen LogP) is 2.98. The zero-order valence-corrected chi connectivity index (χ0v) is 10.5. The zero-order valence-electron chi connectivity index (χ0n) is 9.70. The highest BCUT2D eigenvalue weighted by Gasteiger charge is 2.18. The number of rotatable bonds is 2. The lowest BCUT2D eigenvalue weighted by Crippen LogP contribution is -2.32. The first-order valence-corrected chi connectivity index (χ1v) is 5.98. The van der Waals surface area contributed by atoms with E-state index >= 15 is 0 Å². The Kier molecular flexibility index (Phi) is 3.74. The highest BCUT2D eigenvalue weighted by atomic mass is 35.5. The number of amides is 2. The molecule has 1 aromatic rings. The quantitative estimate of drug-likeness (QED) is 0.882. The first kappa shape index (κ1) is 12.0. The molecule has 2 amide bonds. The summed E-state index contributed by atoms with van der Waals surface area (Å²) in [4.78, 5) is 13.7. The number of likely N-dealkylation sites (tertiary alicyclic amines) is 1. The molecule has 1 aliphatic rings. The lowest BCUT2D eigenvalue weighted by atomic mass is 10.3. The van der Waals surface area contributed by atoms with Crippen LogP contribution >= 0.6 is 11.6 Å². The molecule has 0 spiro atoms. The minimum Gasteiger partial charge on any atom is -0.495 e. The minimum atomic E-state index is -0.0944. The second-order valence-electron chi connectivity index (χ2n) is 3.97. The van der Waals surface area contributed by atoms with E-state index in [4.69, 9.17) is 16.3 Å². The molecular formula is C12H15ClN2O2. The number of nitrogens with one attached hydrogen (secondary N) is 1. The summed E-state index contributed by atoms with van der Waals surface area (Å²) in [7, 11) is 1.56. The van der Waals surface area contributed by atoms with Gasteiger partial charge in [0.1, 0.15) is 5.75 Å². The SMILES string of the molecule is COc1ccc(Cl)cc1NC(=O)N1CCCC1. The second kappa shape index (κ2) is 5.27. The summed E-state index contributed by atoms with van der Waals surface area (Å²) < 4.78 is 5.17. The van der Waals surface area contributed by atoms with Crippen molar-refractivity contribution in [2.75, 3.05) is 25.5 Å². The molecule has 0 aromatic heterocycles. The fourth-order valence-corrected chi connectivity index (χ4v) is 2.06. The lowest BCUT2D eigenvalue weighted by Gasteiger charge is -2.17. The van der Waals surface area contributed by atoms with Gasteiger partial charge in [-0.15, -0.1) is 0 Å². The standard InChI is InChI=1S/C12H15ClN2O2/c1-17-11-5-4-9(13)8-10(11)14-12(16)15-6-2-3-7-15/h4-5,8H,2-3,6-7H2,1H3,(H,14,16). The van der Waals surface area contributed by atoms with Crippen LogP contribution in [0.25, 0.3) is 0 Å². The van der Waals surface area contributed by atoms with E-state index in [1.165, 1.54) is 0 Å². The van der Waals surface area contributed by atoms with Gasteiger partial charge >= 0.3 is 6.03 Å². The number of ether oxygens (including phenoxy) is 1. The molecule has 0 unspecified atom stereocenters. The molecule has 1 fully saturated rings. The van der Waals surface area contributed by atoms with Gasteiger partial charge in [-0.3, -0.25) is 0 Å². The number of carbonyl (C=O) groups is 1. The molecule has 1 N–H and O–H groups in total. The van der Waals surface area contributed by atoms with Gasteiger partial charge in [0.25, 0.3) is 0 Å². The number of urea groups is 1. The van der Waals surface area contributed by atoms with Crippen LogP contribution in [0.3, 0.4) is 0 Å². The first-order chi connectivity index (χ1) is 8.20. The number of anilines is 1. The zero-order chi connectivity index (χ0) is 12.3. The van der Waals surface area contributed by atoms with Gasteiger partial charge in [-0.2, -0.15) is 0 Å². The minimum absolute atomic E-state index is 0.0944. The highest BCUT2D eigenvalue weighted by Crippen LogP contribution is 2.28. The third kappa shape index (κ3) is 2.82. The number of hydrogen-bond acceptors (Lipinski definition) is 2. The summed E-state index contributed by atoms with van der Waals surface area (Å²) in [5.41, 5.74) is 0.608. The number of halogens is 1. The monoisotopic (exact) mass is 254 g/mol. The van der Waals surface area contributed by atoms with Gasteiger partial charge in [0, 0.05) is 18.1 Å². The Bertz CT molecular complexity index is 417. The van der Waals surface area contributed by atoms with Gasteiger partial charge in [0.2, 0.25) is 0 Å². The second-order valence-corrected chi connectivity index (χ2v) is 4.41. The number of benzene rings is 1. The number of nitrogens with zero attached hydrogens (tertiary/aromatic N) is 1. The van der Waals surface area contributed by atoms with Crippen LogP contribution in [0.4, 0.5) is 10.5 Å². The van der Waals surface area contributed by atoms with Gasteiger partial charge in [-0.1, -0.05) is 11.6 Å². The molecule has 92 valence electrons. The Morgan fingerprint density at radius 1 is 1.41 bits per heavy atom. The van der Waals surface area contributed by atoms with E-state index in [9.17, 15) is 4.79 Å². The third-order valence-electron chi connectivity index (χ3n) is 2.80. The van der Waals surface area contributed by atoms with Crippen molar-refractivity contribution in [3.05, 3.63) is 23.2 Å². The van der Waals surface area contributed by atoms with Gasteiger partial charge in [-0.05, 0) is 31.0 Å². The number of carbonyl (C=O) groups excluding carboxylic acids is 1. The molecule has 2 rings (SSSR count). The Hall–Kier alpha value is -1.42. The van der Waals surface area contributed by atoms with Crippen LogP contribution < -0.4 is 10.1 Å². The maximum Gasteiger partial charge on any atom is 0.321 e. The van der Waals surface area contributed by atoms with E-state index in [2.05, 4.69) is 5.32 Å². The summed E-state index contributed by atoms with van der Waals surface area (Å²) >= 11 is 5.90. The van der Waals surface area contributed by atoms with Crippen molar-refractivity contribution in [2.45, 2.75) is 12.8 Å². The van der Waals surface area contributed by atoms with Gasteiger partial charge < -0.3 is 15.0 Å². The van der Waals surface area contributed by atoms with Crippen molar-refractivity contribution in [1.29, 1.82) is 0 Å². The van der Waals surface area contributed by atoms with Crippen LogP contribution in [0.2, 0.25) is 5.02 Å². The summed E-state index contributed by atoms with van der Waals surface area (Å²) in [5, 5.41) is 3.39. The van der Waals surface area contributed by atoms with Crippen molar-refractivity contribution in [3.63, 3.8) is 0 Å². The molecular weight excluding hydrogens is 240 g/mol. The Morgan fingerprint density at radius 3 is 2.76 bits per heavy atom. The van der Waals surface area contributed by atoms with Crippen molar-refractivity contribution in [2.24, 2.45) is 0 Å². The van der Waals surface area contributed by atoms with Crippen LogP contribution in [-0.4, -0.2) is 31.1 Å². The summed E-state index contributed by atoms with van der Waals surface area (Å²) in [5.74, 6) is 0.613. The number of hydrogen-bond donors (Lipinski definition) is 1. The molecule has 1 aliphatic heterocycles. The summed E-state index contributed by atoms with van der Waals surface area (Å²) in [6.45, 7) is 1.63. The van der Waals surface area contributed by atoms with Gasteiger partial charge in [0.15, 0.2) is 0 Å². The molecule has 0 atom stereocenters. The largest absolute Gasteiger partial charge is 0.495 e. The van der Waals surface area contributed by atoms with Gasteiger partial charge in [-0.25, -0.2) is 4.79 Å². The Labute approximate surface area is 106 Å². The highest BCUT2D eigenvalue weighted by molar-refractivity contribution is 6.31. The molecule has 0 bridgehead atoms. The van der Waals surface area contributed by atoms with E-state index in [0.29, 0.717) is 16.5 Å². The predicted molar refractivity (Wildman–Crippen MR) is 67.8 cm³/mol. The average molecular weight is 255 g/mol. The topological polar surface area (TPSA) is 41.6 Å². The van der Waals surface area contributed by atoms with Crippen molar-refractivity contribution < 1.29 is 9.53 Å². The van der Waals surface area contributed by atoms with Crippen LogP contribution in [0.5, 0.6) is 5.75 Å². The fourth-order valence-electron chi connectivity index (χ4n) is 1.89. The Morgan fingerprint density at radius 2 is 2.12 bits per heavy atom. The van der Waals surface area contributed by atoms with Crippen molar-refractivity contribution in [1.82, 2.24) is 4.90 Å². The summed E-state index contributed by atoms with van der Waals surface area (Å²) in [6.07, 6.45) is 2.14. The molecule has 0 aliphatic carbocycles. The van der Waals surface area contributed by atoms with E-state index in [1.54, 1.807) is 30.2 Å². The molecule has 1 heterocycles. The maximum atomic E-state index is 11.9. The fraction of sp³-hybridized carbons (Fsp3) is 0.417. The van der Waals surface area contributed by atoms with Crippen LogP contribution in [0.15, 0.2) is 18.2 Å². The van der Waals surface area contributed by atoms with Crippen molar-refractivity contribution in [3.8, 4) is 5.75 Å². The number of methoxy groups -OCH3 is 1. The van der Waals surface area contributed by atoms with Crippen molar-refractivity contribution >= 4 is 23.3 Å². The molecule has 17 heavy (non-hydrogen) atoms. The van der Waals surface area contributed by atoms with Gasteiger partial charge in [0.05, 0.1) is 12.8 Å². The normalized spacial score (nSPS) is 14.8. The van der Waals surface area contributed by atoms with E-state index in [0.717, 1.165) is 25.9 Å². The first-order valence-electron chi connectivity index (χ1n) is 5.60. The maximum absolute atomic E-state index is 11.9. The molecule has 0 radical (unpaired) electrons. The van der Waals surface area contributed by atoms with E-state index < -0.39 is 0 Å². The lowest BCUT2D eigenvalue weighted by molar-refractivity contribution is 0.222. The molecule has 4 nitrogen and oxygen atoms in total. The molecule has 1 saturated heterocycles. The molecule has 5 heteroatoms. The Balaban J connectivity index is 2.11. The smallest absolute Gasteiger partial charge is 0.321 e. The molecule has 0 saturated carbocycles. The average Bonchev–Trinajstić information content (AvgIpc) is 2.83.